The quantitative estimate of drug-likeness (QED) is 0.848. The van der Waals surface area contributed by atoms with Gasteiger partial charge in [-0.3, -0.25) is 0 Å². The predicted octanol–water partition coefficient (Wildman–Crippen LogP) is 1.93. The molecule has 1 saturated heterocycles. The van der Waals surface area contributed by atoms with E-state index in [1.807, 2.05) is 0 Å². The zero-order valence-electron chi connectivity index (χ0n) is 12.1. The molecule has 1 aromatic rings. The summed E-state index contributed by atoms with van der Waals surface area (Å²) in [6.45, 7) is 6.18. The summed E-state index contributed by atoms with van der Waals surface area (Å²) in [4.78, 5) is 2.34. The standard InChI is InChI=1S/C16H26N2O/c1-14(8-9-15-6-4-3-5-7-15)17-12-16-13-18(2)10-11-19-16/h3-7,14,16-17H,8-13H2,1-2H3/t14-,16+/m1/s1. The first-order chi connectivity index (χ1) is 9.24. The maximum atomic E-state index is 5.76. The Morgan fingerprint density at radius 1 is 1.37 bits per heavy atom. The van der Waals surface area contributed by atoms with Crippen molar-refractivity contribution >= 4 is 0 Å². The largest absolute Gasteiger partial charge is 0.374 e. The van der Waals surface area contributed by atoms with Crippen molar-refractivity contribution < 1.29 is 4.74 Å². The summed E-state index contributed by atoms with van der Waals surface area (Å²) >= 11 is 0. The van der Waals surface area contributed by atoms with E-state index in [1.54, 1.807) is 0 Å². The number of nitrogens with zero attached hydrogens (tertiary/aromatic N) is 1. The van der Waals surface area contributed by atoms with Crippen LogP contribution in [-0.4, -0.2) is 50.3 Å². The third kappa shape index (κ3) is 5.31. The van der Waals surface area contributed by atoms with Gasteiger partial charge in [-0.15, -0.1) is 0 Å². The number of morpholine rings is 1. The molecule has 0 aliphatic carbocycles. The van der Waals surface area contributed by atoms with Crippen LogP contribution in [0.4, 0.5) is 0 Å². The molecule has 0 saturated carbocycles. The van der Waals surface area contributed by atoms with E-state index in [2.05, 4.69) is 54.5 Å². The fourth-order valence-electron chi connectivity index (χ4n) is 2.45. The van der Waals surface area contributed by atoms with Crippen molar-refractivity contribution in [2.24, 2.45) is 0 Å². The number of rotatable bonds is 6. The van der Waals surface area contributed by atoms with Crippen molar-refractivity contribution in [2.75, 3.05) is 33.3 Å². The van der Waals surface area contributed by atoms with Crippen molar-refractivity contribution in [1.82, 2.24) is 10.2 Å². The summed E-state index contributed by atoms with van der Waals surface area (Å²) < 4.78 is 5.76. The van der Waals surface area contributed by atoms with Crippen LogP contribution in [0.25, 0.3) is 0 Å². The SMILES string of the molecule is C[C@H](CCc1ccccc1)NC[C@H]1CN(C)CCO1. The Bertz CT molecular complexity index is 355. The molecule has 0 aromatic heterocycles. The van der Waals surface area contributed by atoms with Crippen LogP contribution in [0.1, 0.15) is 18.9 Å². The molecule has 0 spiro atoms. The average Bonchev–Trinajstić information content (AvgIpc) is 2.44. The van der Waals surface area contributed by atoms with Gasteiger partial charge in [-0.1, -0.05) is 30.3 Å². The summed E-state index contributed by atoms with van der Waals surface area (Å²) in [6, 6.07) is 11.2. The van der Waals surface area contributed by atoms with E-state index >= 15 is 0 Å². The summed E-state index contributed by atoms with van der Waals surface area (Å²) in [6.07, 6.45) is 2.66. The van der Waals surface area contributed by atoms with Crippen molar-refractivity contribution in [3.05, 3.63) is 35.9 Å². The van der Waals surface area contributed by atoms with Crippen molar-refractivity contribution in [3.8, 4) is 0 Å². The topological polar surface area (TPSA) is 24.5 Å². The van der Waals surface area contributed by atoms with Gasteiger partial charge in [0.1, 0.15) is 0 Å². The maximum absolute atomic E-state index is 5.76. The molecule has 3 heteroatoms. The lowest BCUT2D eigenvalue weighted by molar-refractivity contribution is -0.0191. The lowest BCUT2D eigenvalue weighted by Crippen LogP contribution is -2.46. The fourth-order valence-corrected chi connectivity index (χ4v) is 2.45. The van der Waals surface area contributed by atoms with Crippen LogP contribution in [0.2, 0.25) is 0 Å². The predicted molar refractivity (Wildman–Crippen MR) is 79.5 cm³/mol. The Morgan fingerprint density at radius 3 is 2.89 bits per heavy atom. The second-order valence-electron chi connectivity index (χ2n) is 5.59. The summed E-state index contributed by atoms with van der Waals surface area (Å²) in [5.41, 5.74) is 1.42. The molecule has 0 unspecified atom stereocenters. The minimum absolute atomic E-state index is 0.345. The van der Waals surface area contributed by atoms with E-state index in [1.165, 1.54) is 12.0 Å². The summed E-state index contributed by atoms with van der Waals surface area (Å²) in [5.74, 6) is 0. The molecular weight excluding hydrogens is 236 g/mol. The van der Waals surface area contributed by atoms with Crippen molar-refractivity contribution in [2.45, 2.75) is 31.9 Å². The van der Waals surface area contributed by atoms with Crippen LogP contribution in [0, 0.1) is 0 Å². The number of hydrogen-bond acceptors (Lipinski definition) is 3. The van der Waals surface area contributed by atoms with Gasteiger partial charge in [0.25, 0.3) is 0 Å². The molecule has 0 radical (unpaired) electrons. The Balaban J connectivity index is 1.63. The molecule has 2 atom stereocenters. The zero-order valence-corrected chi connectivity index (χ0v) is 12.1. The van der Waals surface area contributed by atoms with Gasteiger partial charge in [0, 0.05) is 25.7 Å². The van der Waals surface area contributed by atoms with E-state index < -0.39 is 0 Å². The second-order valence-corrected chi connectivity index (χ2v) is 5.59. The van der Waals surface area contributed by atoms with Gasteiger partial charge >= 0.3 is 0 Å². The highest BCUT2D eigenvalue weighted by atomic mass is 16.5. The molecule has 1 fully saturated rings. The molecule has 0 amide bonds. The molecule has 19 heavy (non-hydrogen) atoms. The van der Waals surface area contributed by atoms with Gasteiger partial charge in [0.2, 0.25) is 0 Å². The monoisotopic (exact) mass is 262 g/mol. The average molecular weight is 262 g/mol. The summed E-state index contributed by atoms with van der Waals surface area (Å²) in [7, 11) is 2.16. The number of benzene rings is 1. The zero-order chi connectivity index (χ0) is 13.5. The molecular formula is C16H26N2O. The van der Waals surface area contributed by atoms with Crippen molar-refractivity contribution in [3.63, 3.8) is 0 Å². The molecule has 1 heterocycles. The van der Waals surface area contributed by atoms with Crippen LogP contribution in [0.3, 0.4) is 0 Å². The smallest absolute Gasteiger partial charge is 0.0826 e. The number of aryl methyl sites for hydroxylation is 1. The number of ether oxygens (including phenoxy) is 1. The van der Waals surface area contributed by atoms with E-state index in [0.717, 1.165) is 32.7 Å². The molecule has 1 N–H and O–H groups in total. The molecule has 1 aliphatic heterocycles. The molecule has 106 valence electrons. The minimum atomic E-state index is 0.345. The highest BCUT2D eigenvalue weighted by Crippen LogP contribution is 2.06. The molecule has 0 bridgehead atoms. The highest BCUT2D eigenvalue weighted by Gasteiger charge is 2.17. The first-order valence-electron chi connectivity index (χ1n) is 7.31. The van der Waals surface area contributed by atoms with Crippen LogP contribution < -0.4 is 5.32 Å². The lowest BCUT2D eigenvalue weighted by atomic mass is 10.1. The third-order valence-electron chi connectivity index (χ3n) is 3.74. The molecule has 1 aliphatic rings. The van der Waals surface area contributed by atoms with Gasteiger partial charge in [-0.05, 0) is 32.4 Å². The molecule has 1 aromatic carbocycles. The van der Waals surface area contributed by atoms with Gasteiger partial charge < -0.3 is 15.0 Å². The highest BCUT2D eigenvalue weighted by molar-refractivity contribution is 5.14. The second kappa shape index (κ2) is 7.63. The number of likely N-dealkylation sites (N-methyl/N-ethyl adjacent to an activating group) is 1. The van der Waals surface area contributed by atoms with E-state index in [9.17, 15) is 0 Å². The van der Waals surface area contributed by atoms with Gasteiger partial charge in [0.15, 0.2) is 0 Å². The van der Waals surface area contributed by atoms with E-state index in [-0.39, 0.29) is 0 Å². The van der Waals surface area contributed by atoms with Crippen molar-refractivity contribution in [1.29, 1.82) is 0 Å². The first-order valence-corrected chi connectivity index (χ1v) is 7.31. The van der Waals surface area contributed by atoms with Crippen LogP contribution in [-0.2, 0) is 11.2 Å². The minimum Gasteiger partial charge on any atom is -0.374 e. The van der Waals surface area contributed by atoms with Gasteiger partial charge in [-0.25, -0.2) is 0 Å². The van der Waals surface area contributed by atoms with Crippen LogP contribution >= 0.6 is 0 Å². The Kier molecular flexibility index (Phi) is 5.83. The molecule has 3 nitrogen and oxygen atoms in total. The van der Waals surface area contributed by atoms with Crippen LogP contribution in [0.5, 0.6) is 0 Å². The Labute approximate surface area is 116 Å². The van der Waals surface area contributed by atoms with Gasteiger partial charge in [-0.2, -0.15) is 0 Å². The fraction of sp³-hybridized carbons (Fsp3) is 0.625. The Morgan fingerprint density at radius 2 is 2.16 bits per heavy atom. The first kappa shape index (κ1) is 14.5. The number of nitrogens with one attached hydrogen (secondary N) is 1. The molecule has 2 rings (SSSR count). The van der Waals surface area contributed by atoms with Gasteiger partial charge in [0.05, 0.1) is 12.7 Å². The third-order valence-corrected chi connectivity index (χ3v) is 3.74. The van der Waals surface area contributed by atoms with E-state index in [0.29, 0.717) is 12.1 Å². The van der Waals surface area contributed by atoms with E-state index in [4.69, 9.17) is 4.74 Å². The normalized spacial score (nSPS) is 22.3. The number of hydrogen-bond donors (Lipinski definition) is 1. The maximum Gasteiger partial charge on any atom is 0.0826 e. The Hall–Kier alpha value is -0.900. The summed E-state index contributed by atoms with van der Waals surface area (Å²) in [5, 5.41) is 3.59. The lowest BCUT2D eigenvalue weighted by Gasteiger charge is -2.31. The van der Waals surface area contributed by atoms with Crippen LogP contribution in [0.15, 0.2) is 30.3 Å².